The highest BCUT2D eigenvalue weighted by molar-refractivity contribution is 5.94. The van der Waals surface area contributed by atoms with E-state index in [9.17, 15) is 13.6 Å². The molecule has 4 N–H and O–H groups in total. The number of halogens is 2. The zero-order valence-corrected chi connectivity index (χ0v) is 8.65. The fourth-order valence-corrected chi connectivity index (χ4v) is 1.22. The van der Waals surface area contributed by atoms with Crippen molar-refractivity contribution >= 4 is 11.7 Å². The molecular weight excluding hydrogens is 236 g/mol. The van der Waals surface area contributed by atoms with E-state index in [-0.39, 0.29) is 6.54 Å². The lowest BCUT2D eigenvalue weighted by atomic mass is 10.1. The molecule has 0 amide bonds. The lowest BCUT2D eigenvalue weighted by molar-refractivity contribution is 0.0692. The fourth-order valence-electron chi connectivity index (χ4n) is 1.22. The fraction of sp³-hybridized carbons (Fsp3) is 0.300. The van der Waals surface area contributed by atoms with Gasteiger partial charge in [0.15, 0.2) is 0 Å². The summed E-state index contributed by atoms with van der Waals surface area (Å²) in [6.07, 6.45) is -1.20. The molecule has 0 saturated heterocycles. The molecule has 0 aromatic heterocycles. The molecule has 5 nitrogen and oxygen atoms in total. The molecule has 1 aromatic rings. The zero-order chi connectivity index (χ0) is 13.0. The second kappa shape index (κ2) is 5.55. The third kappa shape index (κ3) is 3.11. The molecule has 0 spiro atoms. The van der Waals surface area contributed by atoms with Gasteiger partial charge < -0.3 is 20.6 Å². The first-order valence-electron chi connectivity index (χ1n) is 4.71. The van der Waals surface area contributed by atoms with Crippen LogP contribution in [0.4, 0.5) is 14.5 Å². The van der Waals surface area contributed by atoms with Gasteiger partial charge in [0.1, 0.15) is 17.2 Å². The monoisotopic (exact) mass is 247 g/mol. The lowest BCUT2D eigenvalue weighted by Crippen LogP contribution is -2.24. The summed E-state index contributed by atoms with van der Waals surface area (Å²) in [7, 11) is 0. The van der Waals surface area contributed by atoms with Crippen LogP contribution < -0.4 is 5.32 Å². The van der Waals surface area contributed by atoms with Crippen molar-refractivity contribution in [2.24, 2.45) is 0 Å². The second-order valence-corrected chi connectivity index (χ2v) is 3.30. The predicted molar refractivity (Wildman–Crippen MR) is 54.9 cm³/mol. The number of aromatic carboxylic acids is 1. The van der Waals surface area contributed by atoms with E-state index < -0.39 is 41.6 Å². The molecular formula is C10H11F2NO4. The van der Waals surface area contributed by atoms with Crippen LogP contribution in [-0.4, -0.2) is 40.5 Å². The highest BCUT2D eigenvalue weighted by Crippen LogP contribution is 2.23. The number of carboxylic acid groups (broad SMARTS) is 1. The Kier molecular flexibility index (Phi) is 4.36. The maximum Gasteiger partial charge on any atom is 0.340 e. The van der Waals surface area contributed by atoms with Crippen molar-refractivity contribution in [1.82, 2.24) is 0 Å². The Morgan fingerprint density at radius 3 is 2.47 bits per heavy atom. The van der Waals surface area contributed by atoms with Crippen molar-refractivity contribution in [2.75, 3.05) is 18.5 Å². The SMILES string of the molecule is O=C(O)c1c(F)ccc(F)c1NCC(O)CO. The van der Waals surface area contributed by atoms with E-state index in [1.54, 1.807) is 0 Å². The molecule has 1 atom stereocenters. The molecule has 0 radical (unpaired) electrons. The third-order valence-electron chi connectivity index (χ3n) is 2.04. The molecule has 17 heavy (non-hydrogen) atoms. The number of carboxylic acids is 1. The van der Waals surface area contributed by atoms with Crippen LogP contribution in [0.15, 0.2) is 12.1 Å². The van der Waals surface area contributed by atoms with Gasteiger partial charge in [0, 0.05) is 6.54 Å². The van der Waals surface area contributed by atoms with E-state index in [0.717, 1.165) is 6.07 Å². The summed E-state index contributed by atoms with van der Waals surface area (Å²) in [5.74, 6) is -3.66. The molecule has 0 heterocycles. The highest BCUT2D eigenvalue weighted by Gasteiger charge is 2.20. The number of aliphatic hydroxyl groups is 2. The van der Waals surface area contributed by atoms with Gasteiger partial charge in [-0.2, -0.15) is 0 Å². The maximum atomic E-state index is 13.3. The molecule has 0 saturated carbocycles. The van der Waals surface area contributed by atoms with Gasteiger partial charge in [0.05, 0.1) is 18.4 Å². The molecule has 1 aromatic carbocycles. The van der Waals surface area contributed by atoms with Gasteiger partial charge >= 0.3 is 5.97 Å². The predicted octanol–water partition coefficient (Wildman–Crippen LogP) is 0.428. The lowest BCUT2D eigenvalue weighted by Gasteiger charge is -2.13. The van der Waals surface area contributed by atoms with E-state index in [0.29, 0.717) is 6.07 Å². The summed E-state index contributed by atoms with van der Waals surface area (Å²) in [6, 6.07) is 1.47. The first-order chi connectivity index (χ1) is 7.97. The maximum absolute atomic E-state index is 13.3. The zero-order valence-electron chi connectivity index (χ0n) is 8.65. The van der Waals surface area contributed by atoms with Crippen LogP contribution >= 0.6 is 0 Å². The molecule has 0 fully saturated rings. The summed E-state index contributed by atoms with van der Waals surface area (Å²) < 4.78 is 26.5. The van der Waals surface area contributed by atoms with Crippen LogP contribution in [0.1, 0.15) is 10.4 Å². The Morgan fingerprint density at radius 1 is 1.35 bits per heavy atom. The minimum atomic E-state index is -1.62. The van der Waals surface area contributed by atoms with Gasteiger partial charge in [0.25, 0.3) is 0 Å². The Morgan fingerprint density at radius 2 is 1.94 bits per heavy atom. The summed E-state index contributed by atoms with van der Waals surface area (Å²) in [5, 5.41) is 28.6. The first kappa shape index (κ1) is 13.3. The molecule has 7 heteroatoms. The van der Waals surface area contributed by atoms with Crippen molar-refractivity contribution < 1.29 is 28.9 Å². The molecule has 1 rings (SSSR count). The average molecular weight is 247 g/mol. The number of nitrogens with one attached hydrogen (secondary N) is 1. The number of hydrogen-bond acceptors (Lipinski definition) is 4. The number of carbonyl (C=O) groups is 1. The van der Waals surface area contributed by atoms with E-state index in [4.69, 9.17) is 15.3 Å². The number of benzene rings is 1. The summed E-state index contributed by atoms with van der Waals surface area (Å²) in [5.41, 5.74) is -1.39. The van der Waals surface area contributed by atoms with E-state index in [1.807, 2.05) is 0 Å². The Hall–Kier alpha value is -1.73. The molecule has 0 aliphatic rings. The average Bonchev–Trinajstić information content (AvgIpc) is 2.28. The molecule has 0 aliphatic heterocycles. The Balaban J connectivity index is 3.04. The van der Waals surface area contributed by atoms with Gasteiger partial charge in [0.2, 0.25) is 0 Å². The normalized spacial score (nSPS) is 12.2. The van der Waals surface area contributed by atoms with Crippen LogP contribution in [0.5, 0.6) is 0 Å². The van der Waals surface area contributed by atoms with Gasteiger partial charge in [-0.05, 0) is 12.1 Å². The molecule has 1 unspecified atom stereocenters. The molecule has 0 bridgehead atoms. The van der Waals surface area contributed by atoms with Gasteiger partial charge in [-0.1, -0.05) is 0 Å². The van der Waals surface area contributed by atoms with Crippen molar-refractivity contribution in [2.45, 2.75) is 6.10 Å². The van der Waals surface area contributed by atoms with Gasteiger partial charge in [-0.3, -0.25) is 0 Å². The van der Waals surface area contributed by atoms with Gasteiger partial charge in [-0.25, -0.2) is 13.6 Å². The summed E-state index contributed by atoms with van der Waals surface area (Å²) >= 11 is 0. The third-order valence-corrected chi connectivity index (χ3v) is 2.04. The second-order valence-electron chi connectivity index (χ2n) is 3.30. The topological polar surface area (TPSA) is 89.8 Å². The Bertz CT molecular complexity index is 425. The largest absolute Gasteiger partial charge is 0.478 e. The standard InChI is InChI=1S/C10H11F2NO4/c11-6-1-2-7(12)9(8(6)10(16)17)13-3-5(15)4-14/h1-2,5,13-15H,3-4H2,(H,16,17). The van der Waals surface area contributed by atoms with Crippen LogP contribution in [0, 0.1) is 11.6 Å². The summed E-state index contributed by atoms with van der Waals surface area (Å²) in [4.78, 5) is 10.8. The molecule has 94 valence electrons. The van der Waals surface area contributed by atoms with Crippen LogP contribution in [0.3, 0.4) is 0 Å². The van der Waals surface area contributed by atoms with E-state index in [1.165, 1.54) is 0 Å². The smallest absolute Gasteiger partial charge is 0.340 e. The first-order valence-corrected chi connectivity index (χ1v) is 4.71. The van der Waals surface area contributed by atoms with E-state index >= 15 is 0 Å². The Labute approximate surface area is 95.3 Å². The van der Waals surface area contributed by atoms with Gasteiger partial charge in [-0.15, -0.1) is 0 Å². The highest BCUT2D eigenvalue weighted by atomic mass is 19.1. The van der Waals surface area contributed by atoms with Crippen molar-refractivity contribution in [1.29, 1.82) is 0 Å². The minimum Gasteiger partial charge on any atom is -0.478 e. The minimum absolute atomic E-state index is 0.294. The molecule has 0 aliphatic carbocycles. The van der Waals surface area contributed by atoms with Crippen LogP contribution in [0.25, 0.3) is 0 Å². The van der Waals surface area contributed by atoms with Crippen LogP contribution in [0.2, 0.25) is 0 Å². The van der Waals surface area contributed by atoms with E-state index in [2.05, 4.69) is 5.32 Å². The van der Waals surface area contributed by atoms with Crippen molar-refractivity contribution in [3.63, 3.8) is 0 Å². The van der Waals surface area contributed by atoms with Crippen molar-refractivity contribution in [3.05, 3.63) is 29.3 Å². The van der Waals surface area contributed by atoms with Crippen LogP contribution in [-0.2, 0) is 0 Å². The van der Waals surface area contributed by atoms with Crippen molar-refractivity contribution in [3.8, 4) is 0 Å². The number of rotatable bonds is 5. The quantitative estimate of drug-likeness (QED) is 0.605. The number of hydrogen-bond donors (Lipinski definition) is 4. The number of aliphatic hydroxyl groups excluding tert-OH is 2. The summed E-state index contributed by atoms with van der Waals surface area (Å²) in [6.45, 7) is -0.872. The number of anilines is 1.